The van der Waals surface area contributed by atoms with E-state index in [9.17, 15) is 4.79 Å². The standard InChI is InChI=1S/C14H26N2O/c1-10(2)15-8-7-12(9-15)14(17)16(11(3)4)13-5-6-13/h10-13H,5-9H2,1-4H3. The molecule has 0 aromatic rings. The predicted molar refractivity (Wildman–Crippen MR) is 69.8 cm³/mol. The monoisotopic (exact) mass is 238 g/mol. The maximum atomic E-state index is 12.5. The van der Waals surface area contributed by atoms with E-state index in [1.165, 1.54) is 12.8 Å². The van der Waals surface area contributed by atoms with Gasteiger partial charge in [0.05, 0.1) is 5.92 Å². The Morgan fingerprint density at radius 3 is 2.24 bits per heavy atom. The summed E-state index contributed by atoms with van der Waals surface area (Å²) in [5.74, 6) is 0.658. The van der Waals surface area contributed by atoms with E-state index in [1.807, 2.05) is 0 Å². The second-order valence-electron chi connectivity index (χ2n) is 6.14. The lowest BCUT2D eigenvalue weighted by molar-refractivity contribution is -0.137. The second-order valence-corrected chi connectivity index (χ2v) is 6.14. The van der Waals surface area contributed by atoms with Gasteiger partial charge in [0.2, 0.25) is 5.91 Å². The number of hydrogen-bond acceptors (Lipinski definition) is 2. The number of likely N-dealkylation sites (tertiary alicyclic amines) is 1. The highest BCUT2D eigenvalue weighted by Gasteiger charge is 2.39. The Balaban J connectivity index is 1.95. The van der Waals surface area contributed by atoms with Crippen LogP contribution in [0.15, 0.2) is 0 Å². The van der Waals surface area contributed by atoms with Crippen molar-refractivity contribution >= 4 is 5.91 Å². The molecule has 0 aromatic carbocycles. The van der Waals surface area contributed by atoms with E-state index < -0.39 is 0 Å². The van der Waals surface area contributed by atoms with E-state index in [4.69, 9.17) is 0 Å². The summed E-state index contributed by atoms with van der Waals surface area (Å²) in [4.78, 5) is 17.1. The highest BCUT2D eigenvalue weighted by atomic mass is 16.2. The van der Waals surface area contributed by atoms with Crippen molar-refractivity contribution in [1.82, 2.24) is 9.80 Å². The molecule has 3 nitrogen and oxygen atoms in total. The molecule has 1 saturated heterocycles. The molecule has 1 aliphatic heterocycles. The molecular formula is C14H26N2O. The van der Waals surface area contributed by atoms with Gasteiger partial charge in [-0.1, -0.05) is 0 Å². The summed E-state index contributed by atoms with van der Waals surface area (Å²) in [6.07, 6.45) is 3.47. The van der Waals surface area contributed by atoms with E-state index in [1.54, 1.807) is 0 Å². The average Bonchev–Trinajstić information content (AvgIpc) is 2.94. The summed E-state index contributed by atoms with van der Waals surface area (Å²) in [7, 11) is 0. The summed E-state index contributed by atoms with van der Waals surface area (Å²) in [6, 6.07) is 1.49. The molecule has 1 aliphatic carbocycles. The van der Waals surface area contributed by atoms with Gasteiger partial charge in [-0.15, -0.1) is 0 Å². The molecule has 1 saturated carbocycles. The molecule has 2 fully saturated rings. The molecule has 0 spiro atoms. The van der Waals surface area contributed by atoms with Gasteiger partial charge in [-0.25, -0.2) is 0 Å². The predicted octanol–water partition coefficient (Wildman–Crippen LogP) is 2.12. The van der Waals surface area contributed by atoms with Gasteiger partial charge in [0.15, 0.2) is 0 Å². The third-order valence-electron chi connectivity index (χ3n) is 4.05. The van der Waals surface area contributed by atoms with Gasteiger partial charge in [0.25, 0.3) is 0 Å². The van der Waals surface area contributed by atoms with Crippen LogP contribution in [0.3, 0.4) is 0 Å². The first-order valence-corrected chi connectivity index (χ1v) is 7.07. The second kappa shape index (κ2) is 4.97. The van der Waals surface area contributed by atoms with Crippen molar-refractivity contribution in [3.05, 3.63) is 0 Å². The minimum Gasteiger partial charge on any atom is -0.337 e. The first-order chi connectivity index (χ1) is 8.00. The van der Waals surface area contributed by atoms with Crippen molar-refractivity contribution in [2.45, 2.75) is 65.1 Å². The lowest BCUT2D eigenvalue weighted by Crippen LogP contribution is -2.43. The zero-order chi connectivity index (χ0) is 12.6. The molecule has 2 rings (SSSR count). The topological polar surface area (TPSA) is 23.6 Å². The summed E-state index contributed by atoms with van der Waals surface area (Å²) in [6.45, 7) is 10.8. The SMILES string of the molecule is CC(C)N1CCC(C(=O)N(C(C)C)C2CC2)C1. The number of carbonyl (C=O) groups excluding carboxylic acids is 1. The fourth-order valence-electron chi connectivity index (χ4n) is 2.88. The Labute approximate surface area is 105 Å². The van der Waals surface area contributed by atoms with Crippen molar-refractivity contribution in [3.8, 4) is 0 Å². The van der Waals surface area contributed by atoms with Crippen LogP contribution < -0.4 is 0 Å². The summed E-state index contributed by atoms with van der Waals surface area (Å²) in [5, 5.41) is 0. The Hall–Kier alpha value is -0.570. The molecule has 1 amide bonds. The lowest BCUT2D eigenvalue weighted by atomic mass is 10.1. The number of carbonyl (C=O) groups is 1. The van der Waals surface area contributed by atoms with Gasteiger partial charge >= 0.3 is 0 Å². The van der Waals surface area contributed by atoms with Crippen LogP contribution in [0, 0.1) is 5.92 Å². The Kier molecular flexibility index (Phi) is 3.76. The van der Waals surface area contributed by atoms with E-state index in [0.717, 1.165) is 19.5 Å². The minimum absolute atomic E-state index is 0.250. The quantitative estimate of drug-likeness (QED) is 0.749. The van der Waals surface area contributed by atoms with E-state index in [2.05, 4.69) is 37.5 Å². The van der Waals surface area contributed by atoms with Gasteiger partial charge in [-0.05, 0) is 53.5 Å². The van der Waals surface area contributed by atoms with Crippen LogP contribution in [0.25, 0.3) is 0 Å². The van der Waals surface area contributed by atoms with Crippen LogP contribution >= 0.6 is 0 Å². The van der Waals surface area contributed by atoms with Gasteiger partial charge in [-0.3, -0.25) is 4.79 Å². The maximum absolute atomic E-state index is 12.5. The number of rotatable bonds is 4. The molecule has 1 heterocycles. The zero-order valence-electron chi connectivity index (χ0n) is 11.6. The fraction of sp³-hybridized carbons (Fsp3) is 0.929. The van der Waals surface area contributed by atoms with Crippen LogP contribution in [0.2, 0.25) is 0 Å². The van der Waals surface area contributed by atoms with E-state index in [0.29, 0.717) is 24.0 Å². The highest BCUT2D eigenvalue weighted by Crippen LogP contribution is 2.32. The molecule has 17 heavy (non-hydrogen) atoms. The van der Waals surface area contributed by atoms with Crippen molar-refractivity contribution in [2.75, 3.05) is 13.1 Å². The fourth-order valence-corrected chi connectivity index (χ4v) is 2.88. The molecule has 98 valence electrons. The van der Waals surface area contributed by atoms with Crippen LogP contribution in [0.1, 0.15) is 47.0 Å². The Morgan fingerprint density at radius 2 is 1.82 bits per heavy atom. The maximum Gasteiger partial charge on any atom is 0.227 e. The van der Waals surface area contributed by atoms with Crippen LogP contribution in [0.4, 0.5) is 0 Å². The molecule has 2 aliphatic rings. The van der Waals surface area contributed by atoms with Crippen LogP contribution in [-0.4, -0.2) is 46.9 Å². The molecular weight excluding hydrogens is 212 g/mol. The molecule has 0 aromatic heterocycles. The third-order valence-corrected chi connectivity index (χ3v) is 4.05. The van der Waals surface area contributed by atoms with E-state index >= 15 is 0 Å². The molecule has 1 unspecified atom stereocenters. The van der Waals surface area contributed by atoms with Crippen molar-refractivity contribution < 1.29 is 4.79 Å². The van der Waals surface area contributed by atoms with Gasteiger partial charge in [0, 0.05) is 24.7 Å². The third kappa shape index (κ3) is 2.82. The first-order valence-electron chi connectivity index (χ1n) is 7.07. The highest BCUT2D eigenvalue weighted by molar-refractivity contribution is 5.80. The number of hydrogen-bond donors (Lipinski definition) is 0. The Morgan fingerprint density at radius 1 is 1.18 bits per heavy atom. The minimum atomic E-state index is 0.250. The number of nitrogens with zero attached hydrogens (tertiary/aromatic N) is 2. The van der Waals surface area contributed by atoms with Crippen LogP contribution in [-0.2, 0) is 4.79 Å². The number of amides is 1. The molecule has 0 N–H and O–H groups in total. The normalized spacial score (nSPS) is 25.9. The van der Waals surface area contributed by atoms with Crippen molar-refractivity contribution in [1.29, 1.82) is 0 Å². The lowest BCUT2D eigenvalue weighted by Gasteiger charge is -2.29. The first kappa shape index (κ1) is 12.9. The summed E-state index contributed by atoms with van der Waals surface area (Å²) in [5.41, 5.74) is 0. The molecule has 1 atom stereocenters. The smallest absolute Gasteiger partial charge is 0.227 e. The zero-order valence-corrected chi connectivity index (χ0v) is 11.6. The van der Waals surface area contributed by atoms with Crippen molar-refractivity contribution in [2.24, 2.45) is 5.92 Å². The Bertz CT molecular complexity index is 282. The van der Waals surface area contributed by atoms with Gasteiger partial charge in [0.1, 0.15) is 0 Å². The van der Waals surface area contributed by atoms with E-state index in [-0.39, 0.29) is 5.92 Å². The molecule has 3 heteroatoms. The largest absolute Gasteiger partial charge is 0.337 e. The van der Waals surface area contributed by atoms with Crippen LogP contribution in [0.5, 0.6) is 0 Å². The average molecular weight is 238 g/mol. The summed E-state index contributed by atoms with van der Waals surface area (Å²) < 4.78 is 0. The molecule has 0 bridgehead atoms. The van der Waals surface area contributed by atoms with Gasteiger partial charge in [-0.2, -0.15) is 0 Å². The van der Waals surface area contributed by atoms with Gasteiger partial charge < -0.3 is 9.80 Å². The summed E-state index contributed by atoms with van der Waals surface area (Å²) >= 11 is 0. The van der Waals surface area contributed by atoms with Crippen molar-refractivity contribution in [3.63, 3.8) is 0 Å². The molecule has 0 radical (unpaired) electrons.